The minimum Gasteiger partial charge on any atom is -0.419 e. The number of sulfonamides is 1. The van der Waals surface area contributed by atoms with Gasteiger partial charge < -0.3 is 15.5 Å². The van der Waals surface area contributed by atoms with E-state index in [1.807, 2.05) is 37.3 Å². The van der Waals surface area contributed by atoms with Gasteiger partial charge in [0.1, 0.15) is 5.82 Å². The van der Waals surface area contributed by atoms with E-state index >= 15 is 0 Å². The van der Waals surface area contributed by atoms with Crippen LogP contribution in [-0.2, 0) is 22.0 Å². The maximum Gasteiger partial charge on any atom is 0.249 e. The quantitative estimate of drug-likeness (QED) is 0.434. The molecule has 3 aromatic rings. The van der Waals surface area contributed by atoms with Crippen molar-refractivity contribution in [1.29, 1.82) is 0 Å². The summed E-state index contributed by atoms with van der Waals surface area (Å²) in [6.45, 7) is 6.10. The van der Waals surface area contributed by atoms with Crippen molar-refractivity contribution in [2.45, 2.75) is 45.2 Å². The Morgan fingerprint density at radius 2 is 1.97 bits per heavy atom. The van der Waals surface area contributed by atoms with Crippen LogP contribution >= 0.6 is 11.6 Å². The first kappa shape index (κ1) is 25.4. The number of aromatic nitrogens is 3. The highest BCUT2D eigenvalue weighted by molar-refractivity contribution is 7.92. The van der Waals surface area contributed by atoms with Crippen LogP contribution in [0.1, 0.15) is 38.6 Å². The van der Waals surface area contributed by atoms with Gasteiger partial charge in [-0.3, -0.25) is 4.31 Å². The molecule has 11 heteroatoms. The van der Waals surface area contributed by atoms with Crippen molar-refractivity contribution in [3.8, 4) is 11.5 Å². The molecule has 1 aromatic carbocycles. The zero-order valence-corrected chi connectivity index (χ0v) is 22.1. The minimum atomic E-state index is -3.62. The largest absolute Gasteiger partial charge is 0.419 e. The molecule has 9 nitrogen and oxygen atoms in total. The molecule has 0 amide bonds. The number of rotatable bonds is 9. The Morgan fingerprint density at radius 3 is 2.57 bits per heavy atom. The molecule has 188 valence electrons. The first-order chi connectivity index (χ1) is 16.4. The number of nitrogens with one attached hydrogen (secondary N) is 1. The highest BCUT2D eigenvalue weighted by atomic mass is 35.5. The molecule has 2 aromatic heterocycles. The molecule has 0 aliphatic heterocycles. The lowest BCUT2D eigenvalue weighted by atomic mass is 9.94. The number of benzene rings is 1. The molecule has 4 atom stereocenters. The van der Waals surface area contributed by atoms with Crippen LogP contribution in [0.2, 0.25) is 5.02 Å². The van der Waals surface area contributed by atoms with Gasteiger partial charge in [-0.2, -0.15) is 0 Å². The molecule has 1 unspecified atom stereocenters. The van der Waals surface area contributed by atoms with E-state index in [2.05, 4.69) is 34.3 Å². The van der Waals surface area contributed by atoms with Crippen molar-refractivity contribution in [3.05, 3.63) is 52.9 Å². The number of anilines is 2. The summed E-state index contributed by atoms with van der Waals surface area (Å²) in [5.74, 6) is 2.09. The molecular weight excluding hydrogens is 488 g/mol. The van der Waals surface area contributed by atoms with E-state index in [0.29, 0.717) is 29.6 Å². The van der Waals surface area contributed by atoms with Gasteiger partial charge in [-0.25, -0.2) is 13.4 Å². The first-order valence-corrected chi connectivity index (χ1v) is 13.7. The Morgan fingerprint density at radius 1 is 1.31 bits per heavy atom. The molecule has 0 saturated heterocycles. The van der Waals surface area contributed by atoms with Gasteiger partial charge in [-0.05, 0) is 50.2 Å². The van der Waals surface area contributed by atoms with Crippen LogP contribution in [0.5, 0.6) is 0 Å². The fourth-order valence-corrected chi connectivity index (χ4v) is 4.96. The summed E-state index contributed by atoms with van der Waals surface area (Å²) in [5.41, 5.74) is 7.03. The lowest BCUT2D eigenvalue weighted by molar-refractivity contribution is 0.355. The Labute approximate surface area is 211 Å². The third-order valence-electron chi connectivity index (χ3n) is 6.48. The molecule has 1 fully saturated rings. The third kappa shape index (κ3) is 5.60. The maximum atomic E-state index is 12.3. The van der Waals surface area contributed by atoms with Gasteiger partial charge in [-0.15, -0.1) is 10.2 Å². The number of nitrogens with two attached hydrogens (primary N) is 1. The van der Waals surface area contributed by atoms with Gasteiger partial charge in [0.2, 0.25) is 21.8 Å². The molecule has 4 rings (SSSR count). The topological polar surface area (TPSA) is 127 Å². The molecular formula is C24H31ClN6O3S. The van der Waals surface area contributed by atoms with Crippen molar-refractivity contribution in [3.63, 3.8) is 0 Å². The normalized spacial score (nSPS) is 20.2. The van der Waals surface area contributed by atoms with Crippen molar-refractivity contribution in [2.75, 3.05) is 22.9 Å². The SMILES string of the molecule is C[C@H]1CC1[C@@H](C)Nc1cc(-c2nnc([C@](C)(N)Cc3ccccc3)o2)c(Cl)c(N(C)S(C)(=O)=O)n1. The van der Waals surface area contributed by atoms with E-state index in [9.17, 15) is 8.42 Å². The van der Waals surface area contributed by atoms with Crippen molar-refractivity contribution in [2.24, 2.45) is 17.6 Å². The number of hydrogen-bond acceptors (Lipinski definition) is 8. The lowest BCUT2D eigenvalue weighted by Gasteiger charge is -2.21. The maximum absolute atomic E-state index is 12.3. The Kier molecular flexibility index (Phi) is 6.82. The first-order valence-electron chi connectivity index (χ1n) is 11.4. The van der Waals surface area contributed by atoms with E-state index in [1.165, 1.54) is 7.05 Å². The Balaban J connectivity index is 1.71. The highest BCUT2D eigenvalue weighted by Crippen LogP contribution is 2.42. The average Bonchev–Trinajstić information content (AvgIpc) is 3.30. The van der Waals surface area contributed by atoms with Crippen molar-refractivity contribution in [1.82, 2.24) is 15.2 Å². The summed E-state index contributed by atoms with van der Waals surface area (Å²) < 4.78 is 31.6. The zero-order chi connectivity index (χ0) is 25.5. The summed E-state index contributed by atoms with van der Waals surface area (Å²) in [7, 11) is -2.21. The Bertz CT molecular complexity index is 1310. The van der Waals surface area contributed by atoms with E-state index in [-0.39, 0.29) is 28.7 Å². The van der Waals surface area contributed by atoms with Gasteiger partial charge in [0, 0.05) is 13.1 Å². The van der Waals surface area contributed by atoms with Crippen LogP contribution in [0, 0.1) is 11.8 Å². The number of pyridine rings is 1. The second kappa shape index (κ2) is 9.40. The molecule has 35 heavy (non-hydrogen) atoms. The highest BCUT2D eigenvalue weighted by Gasteiger charge is 2.37. The van der Waals surface area contributed by atoms with Gasteiger partial charge in [0.15, 0.2) is 5.82 Å². The average molecular weight is 519 g/mol. The lowest BCUT2D eigenvalue weighted by Crippen LogP contribution is -2.35. The van der Waals surface area contributed by atoms with E-state index in [0.717, 1.165) is 22.5 Å². The number of nitrogens with zero attached hydrogens (tertiary/aromatic N) is 4. The number of halogens is 1. The van der Waals surface area contributed by atoms with Crippen LogP contribution < -0.4 is 15.4 Å². The van der Waals surface area contributed by atoms with Gasteiger partial charge >= 0.3 is 0 Å². The zero-order valence-electron chi connectivity index (χ0n) is 20.5. The van der Waals surface area contributed by atoms with E-state index in [1.54, 1.807) is 6.07 Å². The van der Waals surface area contributed by atoms with Crippen molar-refractivity contribution >= 4 is 33.3 Å². The predicted molar refractivity (Wildman–Crippen MR) is 138 cm³/mol. The summed E-state index contributed by atoms with van der Waals surface area (Å²) in [5, 5.41) is 11.9. The van der Waals surface area contributed by atoms with Gasteiger partial charge in [-0.1, -0.05) is 48.9 Å². The molecule has 2 heterocycles. The third-order valence-corrected chi connectivity index (χ3v) is 8.02. The van der Waals surface area contributed by atoms with Crippen molar-refractivity contribution < 1.29 is 12.8 Å². The second-order valence-corrected chi connectivity index (χ2v) is 12.1. The molecule has 1 saturated carbocycles. The molecule has 0 bridgehead atoms. The fourth-order valence-electron chi connectivity index (χ4n) is 4.16. The van der Waals surface area contributed by atoms with Gasteiger partial charge in [0.05, 0.1) is 22.4 Å². The van der Waals surface area contributed by atoms with Crippen LogP contribution in [0.4, 0.5) is 11.6 Å². The summed E-state index contributed by atoms with van der Waals surface area (Å²) in [6, 6.07) is 11.6. The molecule has 0 radical (unpaired) electrons. The Hall–Kier alpha value is -2.69. The summed E-state index contributed by atoms with van der Waals surface area (Å²) >= 11 is 6.65. The van der Waals surface area contributed by atoms with Gasteiger partial charge in [0.25, 0.3) is 0 Å². The molecule has 0 spiro atoms. The second-order valence-electron chi connectivity index (χ2n) is 9.73. The van der Waals surface area contributed by atoms with Crippen LogP contribution in [0.25, 0.3) is 11.5 Å². The van der Waals surface area contributed by atoms with E-state index < -0.39 is 15.6 Å². The fraction of sp³-hybridized carbons (Fsp3) is 0.458. The smallest absolute Gasteiger partial charge is 0.249 e. The predicted octanol–water partition coefficient (Wildman–Crippen LogP) is 4.05. The van der Waals surface area contributed by atoms with E-state index in [4.69, 9.17) is 21.8 Å². The number of hydrogen-bond donors (Lipinski definition) is 2. The van der Waals surface area contributed by atoms with Crippen LogP contribution in [-0.4, -0.2) is 42.9 Å². The minimum absolute atomic E-state index is 0.0738. The van der Waals surface area contributed by atoms with Crippen LogP contribution in [0.15, 0.2) is 40.8 Å². The molecule has 1 aliphatic rings. The summed E-state index contributed by atoms with van der Waals surface area (Å²) in [4.78, 5) is 4.50. The van der Waals surface area contributed by atoms with Crippen LogP contribution in [0.3, 0.4) is 0 Å². The standard InChI is InChI=1S/C24H31ClN6O3S/c1-14-11-17(14)15(2)27-19-12-18(20(25)21(28-19)31(4)35(5,32)33)22-29-30-23(34-22)24(3,26)13-16-9-7-6-8-10-16/h6-10,12,14-15,17H,11,13,26H2,1-5H3,(H,27,28)/t14-,15+,17?,24+/m0/s1. The molecule has 3 N–H and O–H groups in total. The summed E-state index contributed by atoms with van der Waals surface area (Å²) in [6.07, 6.45) is 2.72. The monoisotopic (exact) mass is 518 g/mol. The molecule has 1 aliphatic carbocycles.